The molecule has 1 unspecified atom stereocenters. The molecule has 0 aromatic carbocycles. The first kappa shape index (κ1) is 12.9. The quantitative estimate of drug-likeness (QED) is 0.830. The predicted molar refractivity (Wildman–Crippen MR) is 62.4 cm³/mol. The summed E-state index contributed by atoms with van der Waals surface area (Å²) in [6, 6.07) is -0.504. The summed E-state index contributed by atoms with van der Waals surface area (Å²) < 4.78 is 31.3. The van der Waals surface area contributed by atoms with E-state index in [9.17, 15) is 13.5 Å². The van der Waals surface area contributed by atoms with Gasteiger partial charge in [-0.1, -0.05) is 0 Å². The maximum Gasteiger partial charge on any atom is 0.254 e. The van der Waals surface area contributed by atoms with Crippen molar-refractivity contribution in [2.24, 2.45) is 0 Å². The second kappa shape index (κ2) is 4.99. The first-order chi connectivity index (χ1) is 8.05. The van der Waals surface area contributed by atoms with E-state index in [-0.39, 0.29) is 24.0 Å². The topological polar surface area (TPSA) is 79.7 Å². The van der Waals surface area contributed by atoms with Gasteiger partial charge in [0.2, 0.25) is 0 Å². The molecular formula is C9H14N2O4S2. The summed E-state index contributed by atoms with van der Waals surface area (Å²) in [6.07, 6.45) is 1.36. The smallest absolute Gasteiger partial charge is 0.254 e. The van der Waals surface area contributed by atoms with Gasteiger partial charge in [0.15, 0.2) is 4.21 Å². The van der Waals surface area contributed by atoms with E-state index in [2.05, 4.69) is 4.98 Å². The van der Waals surface area contributed by atoms with Crippen molar-refractivity contribution < 1.29 is 18.3 Å². The maximum absolute atomic E-state index is 12.3. The highest BCUT2D eigenvalue weighted by Gasteiger charge is 2.34. The average molecular weight is 278 g/mol. The summed E-state index contributed by atoms with van der Waals surface area (Å²) in [7, 11) is -3.55. The van der Waals surface area contributed by atoms with Gasteiger partial charge in [-0.25, -0.2) is 13.4 Å². The number of nitrogens with zero attached hydrogens (tertiary/aromatic N) is 2. The van der Waals surface area contributed by atoms with Crippen LogP contribution in [0.15, 0.2) is 10.4 Å². The number of hydrogen-bond acceptors (Lipinski definition) is 6. The number of sulfonamides is 1. The lowest BCUT2D eigenvalue weighted by Gasteiger charge is -2.32. The van der Waals surface area contributed by atoms with Crippen LogP contribution < -0.4 is 0 Å². The van der Waals surface area contributed by atoms with Gasteiger partial charge in [-0.3, -0.25) is 0 Å². The van der Waals surface area contributed by atoms with Crippen molar-refractivity contribution in [1.82, 2.24) is 9.29 Å². The largest absolute Gasteiger partial charge is 0.395 e. The van der Waals surface area contributed by atoms with E-state index in [1.165, 1.54) is 10.5 Å². The summed E-state index contributed by atoms with van der Waals surface area (Å²) in [5.41, 5.74) is 0. The van der Waals surface area contributed by atoms with Gasteiger partial charge in [0.05, 0.1) is 37.1 Å². The van der Waals surface area contributed by atoms with Crippen LogP contribution in [-0.4, -0.2) is 55.2 Å². The molecule has 1 N–H and O–H groups in total. The summed E-state index contributed by atoms with van der Waals surface area (Å²) in [6.45, 7) is 2.37. The highest BCUT2D eigenvalue weighted by Crippen LogP contribution is 2.24. The number of ether oxygens (including phenoxy) is 1. The van der Waals surface area contributed by atoms with Gasteiger partial charge in [0, 0.05) is 6.54 Å². The van der Waals surface area contributed by atoms with Crippen molar-refractivity contribution in [3.63, 3.8) is 0 Å². The molecule has 8 heteroatoms. The minimum absolute atomic E-state index is 0.218. The monoisotopic (exact) mass is 278 g/mol. The van der Waals surface area contributed by atoms with Gasteiger partial charge in [0.1, 0.15) is 0 Å². The Balaban J connectivity index is 2.30. The second-order valence-corrected chi connectivity index (χ2v) is 7.08. The predicted octanol–water partition coefficient (Wildman–Crippen LogP) is -0.167. The zero-order valence-electron chi connectivity index (χ0n) is 9.37. The molecule has 0 amide bonds. The molecule has 1 aromatic rings. The van der Waals surface area contributed by atoms with Crippen LogP contribution in [0.1, 0.15) is 5.01 Å². The van der Waals surface area contributed by atoms with Crippen LogP contribution in [-0.2, 0) is 14.8 Å². The third kappa shape index (κ3) is 2.50. The van der Waals surface area contributed by atoms with Gasteiger partial charge in [-0.15, -0.1) is 11.3 Å². The highest BCUT2D eigenvalue weighted by molar-refractivity contribution is 7.91. The maximum atomic E-state index is 12.3. The van der Waals surface area contributed by atoms with E-state index in [1.807, 2.05) is 0 Å². The fraction of sp³-hybridized carbons (Fsp3) is 0.667. The molecule has 1 saturated heterocycles. The number of aromatic nitrogens is 1. The van der Waals surface area contributed by atoms with E-state index >= 15 is 0 Å². The van der Waals surface area contributed by atoms with E-state index in [0.29, 0.717) is 11.6 Å². The molecule has 0 spiro atoms. The zero-order chi connectivity index (χ0) is 12.5. The molecule has 6 nitrogen and oxygen atoms in total. The summed E-state index contributed by atoms with van der Waals surface area (Å²) >= 11 is 1.14. The van der Waals surface area contributed by atoms with Gasteiger partial charge in [-0.2, -0.15) is 4.31 Å². The molecule has 2 heterocycles. The van der Waals surface area contributed by atoms with Crippen LogP contribution in [0, 0.1) is 6.92 Å². The fourth-order valence-corrected chi connectivity index (χ4v) is 4.50. The minimum Gasteiger partial charge on any atom is -0.395 e. The summed E-state index contributed by atoms with van der Waals surface area (Å²) in [4.78, 5) is 3.95. The molecule has 1 atom stereocenters. The average Bonchev–Trinajstić information content (AvgIpc) is 2.76. The third-order valence-electron chi connectivity index (χ3n) is 2.55. The molecule has 96 valence electrons. The van der Waals surface area contributed by atoms with E-state index in [1.54, 1.807) is 6.92 Å². The number of aryl methyl sites for hydroxylation is 1. The minimum atomic E-state index is -3.55. The standard InChI is InChI=1S/C9H14N2O4S2/c1-7-10-4-9(16-7)17(13,14)11-2-3-15-6-8(11)5-12/h4,8,12H,2-3,5-6H2,1H3. The number of thiazole rings is 1. The lowest BCUT2D eigenvalue weighted by atomic mass is 10.3. The molecule has 1 aliphatic heterocycles. The normalized spacial score (nSPS) is 22.8. The Morgan fingerprint density at radius 3 is 3.06 bits per heavy atom. The molecule has 1 aliphatic rings. The number of rotatable bonds is 3. The Bertz CT molecular complexity index is 485. The first-order valence-corrected chi connectivity index (χ1v) is 7.44. The Hall–Kier alpha value is -0.540. The van der Waals surface area contributed by atoms with Crippen molar-refractivity contribution in [3.8, 4) is 0 Å². The van der Waals surface area contributed by atoms with Crippen LogP contribution in [0.2, 0.25) is 0 Å². The molecular weight excluding hydrogens is 264 g/mol. The van der Waals surface area contributed by atoms with Crippen molar-refractivity contribution in [2.75, 3.05) is 26.4 Å². The van der Waals surface area contributed by atoms with Crippen LogP contribution in [0.25, 0.3) is 0 Å². The number of hydrogen-bond donors (Lipinski definition) is 1. The molecule has 1 fully saturated rings. The summed E-state index contributed by atoms with van der Waals surface area (Å²) in [5, 5.41) is 9.88. The lowest BCUT2D eigenvalue weighted by Crippen LogP contribution is -2.50. The van der Waals surface area contributed by atoms with Crippen LogP contribution >= 0.6 is 11.3 Å². The molecule has 0 bridgehead atoms. The van der Waals surface area contributed by atoms with Crippen molar-refractivity contribution in [2.45, 2.75) is 17.2 Å². The first-order valence-electron chi connectivity index (χ1n) is 5.18. The zero-order valence-corrected chi connectivity index (χ0v) is 11.0. The van der Waals surface area contributed by atoms with Gasteiger partial charge < -0.3 is 9.84 Å². The second-order valence-electron chi connectivity index (χ2n) is 3.73. The molecule has 1 aromatic heterocycles. The SMILES string of the molecule is Cc1ncc(S(=O)(=O)N2CCOCC2CO)s1. The number of morpholine rings is 1. The molecule has 2 rings (SSSR count). The summed E-state index contributed by atoms with van der Waals surface area (Å²) in [5.74, 6) is 0. The van der Waals surface area contributed by atoms with Crippen molar-refractivity contribution in [1.29, 1.82) is 0 Å². The third-order valence-corrected chi connectivity index (χ3v) is 5.85. The molecule has 0 saturated carbocycles. The van der Waals surface area contributed by atoms with Gasteiger partial charge in [0.25, 0.3) is 10.0 Å². The molecule has 0 aliphatic carbocycles. The van der Waals surface area contributed by atoms with Crippen LogP contribution in [0.5, 0.6) is 0 Å². The van der Waals surface area contributed by atoms with Crippen molar-refractivity contribution >= 4 is 21.4 Å². The Kier molecular flexibility index (Phi) is 3.79. The lowest BCUT2D eigenvalue weighted by molar-refractivity contribution is 0.0110. The molecule has 17 heavy (non-hydrogen) atoms. The van der Waals surface area contributed by atoms with Crippen LogP contribution in [0.3, 0.4) is 0 Å². The van der Waals surface area contributed by atoms with E-state index < -0.39 is 16.1 Å². The number of aliphatic hydroxyl groups is 1. The van der Waals surface area contributed by atoms with Crippen molar-refractivity contribution in [3.05, 3.63) is 11.2 Å². The Morgan fingerprint density at radius 1 is 1.71 bits per heavy atom. The van der Waals surface area contributed by atoms with E-state index in [4.69, 9.17) is 4.74 Å². The van der Waals surface area contributed by atoms with Crippen LogP contribution in [0.4, 0.5) is 0 Å². The van der Waals surface area contributed by atoms with Gasteiger partial charge >= 0.3 is 0 Å². The number of aliphatic hydroxyl groups excluding tert-OH is 1. The Labute approximate surface area is 104 Å². The fourth-order valence-electron chi connectivity index (χ4n) is 1.68. The highest BCUT2D eigenvalue weighted by atomic mass is 32.2. The van der Waals surface area contributed by atoms with Gasteiger partial charge in [-0.05, 0) is 6.92 Å². The molecule has 0 radical (unpaired) electrons. The van der Waals surface area contributed by atoms with E-state index in [0.717, 1.165) is 11.3 Å². The Morgan fingerprint density at radius 2 is 2.47 bits per heavy atom.